The third kappa shape index (κ3) is 50.5. The topological polar surface area (TPSA) is 189 Å². The van der Waals surface area contributed by atoms with Crippen LogP contribution >= 0.6 is 0 Å². The summed E-state index contributed by atoms with van der Waals surface area (Å²) in [6, 6.07) is -1.18. The summed E-state index contributed by atoms with van der Waals surface area (Å²) in [4.78, 5) is 13.3. The second-order valence-electron chi connectivity index (χ2n) is 27.1. The lowest BCUT2D eigenvalue weighted by molar-refractivity contribution is -0.303. The first-order chi connectivity index (χ1) is 42.2. The molecule has 0 aromatic heterocycles. The van der Waals surface area contributed by atoms with E-state index in [9.17, 15) is 40.5 Å². The molecule has 11 heteroatoms. The van der Waals surface area contributed by atoms with Crippen LogP contribution in [-0.2, 0) is 14.3 Å². The van der Waals surface area contributed by atoms with Gasteiger partial charge in [0.25, 0.3) is 0 Å². The van der Waals surface area contributed by atoms with Crippen LogP contribution in [0.2, 0.25) is 0 Å². The normalized spacial score (nSPS) is 18.7. The van der Waals surface area contributed by atoms with Gasteiger partial charge in [0.15, 0.2) is 6.29 Å². The first-order valence-electron chi connectivity index (χ1n) is 38.1. The third-order valence-corrected chi connectivity index (χ3v) is 18.8. The van der Waals surface area contributed by atoms with E-state index in [1.807, 2.05) is 0 Å². The van der Waals surface area contributed by atoms with E-state index in [1.54, 1.807) is 0 Å². The molecule has 1 fully saturated rings. The number of unbranched alkanes of at least 4 members (excludes halogenated alkanes) is 54. The van der Waals surface area contributed by atoms with Gasteiger partial charge in [-0.1, -0.05) is 366 Å². The van der Waals surface area contributed by atoms with Crippen LogP contribution in [0.25, 0.3) is 0 Å². The van der Waals surface area contributed by atoms with Gasteiger partial charge in [-0.3, -0.25) is 4.79 Å². The van der Waals surface area contributed by atoms with Gasteiger partial charge in [0.2, 0.25) is 5.91 Å². The molecule has 8 N–H and O–H groups in total. The maximum absolute atomic E-state index is 13.3. The number of nitrogens with one attached hydrogen (secondary N) is 1. The van der Waals surface area contributed by atoms with E-state index < -0.39 is 74.2 Å². The molecular formula is C75H147NO10. The highest BCUT2D eigenvalue weighted by molar-refractivity contribution is 5.80. The smallest absolute Gasteiger partial charge is 0.249 e. The summed E-state index contributed by atoms with van der Waals surface area (Å²) in [6.45, 7) is 3.51. The quantitative estimate of drug-likeness (QED) is 0.0215. The van der Waals surface area contributed by atoms with Crippen LogP contribution in [0.1, 0.15) is 393 Å². The molecule has 1 aliphatic rings. The maximum atomic E-state index is 13.3. The Morgan fingerprint density at radius 1 is 0.395 bits per heavy atom. The standard InChI is InChI=1S/C75H147NO10/c1-3-5-7-9-11-13-15-17-19-21-23-25-27-28-29-30-31-32-33-34-35-36-37-38-39-41-43-45-47-49-51-53-55-57-59-61-63-68(79)74(84)76-66(65-85-75-73(83)72(82)71(81)69(64-77)86-75)70(80)67(78)62-60-58-56-54-52-50-48-46-44-42-40-26-24-22-20-18-16-14-12-10-8-6-4-2/h54,56,66-73,75,77-83H,3-53,55,57-65H2,1-2H3,(H,76,84)/b56-54+. The highest BCUT2D eigenvalue weighted by atomic mass is 16.7. The van der Waals surface area contributed by atoms with Gasteiger partial charge in [-0.15, -0.1) is 0 Å². The molecule has 0 saturated carbocycles. The molecular weight excluding hydrogens is 1070 g/mol. The molecule has 0 aliphatic carbocycles. The van der Waals surface area contributed by atoms with E-state index in [1.165, 1.54) is 315 Å². The Labute approximate surface area is 532 Å². The minimum Gasteiger partial charge on any atom is -0.394 e. The van der Waals surface area contributed by atoms with E-state index >= 15 is 0 Å². The highest BCUT2D eigenvalue weighted by Gasteiger charge is 2.44. The molecule has 11 nitrogen and oxygen atoms in total. The van der Waals surface area contributed by atoms with Gasteiger partial charge < -0.3 is 50.5 Å². The molecule has 86 heavy (non-hydrogen) atoms. The molecule has 0 aromatic carbocycles. The van der Waals surface area contributed by atoms with Gasteiger partial charge >= 0.3 is 0 Å². The van der Waals surface area contributed by atoms with Crippen molar-refractivity contribution in [2.45, 2.75) is 448 Å². The van der Waals surface area contributed by atoms with Crippen LogP contribution in [0.4, 0.5) is 0 Å². The highest BCUT2D eigenvalue weighted by Crippen LogP contribution is 2.24. The molecule has 0 radical (unpaired) electrons. The average Bonchev–Trinajstić information content (AvgIpc) is 3.20. The van der Waals surface area contributed by atoms with E-state index in [2.05, 4.69) is 31.3 Å². The summed E-state index contributed by atoms with van der Waals surface area (Å²) in [5.74, 6) is -0.697. The molecule has 0 spiro atoms. The van der Waals surface area contributed by atoms with Crippen molar-refractivity contribution < 1.29 is 50.0 Å². The summed E-state index contributed by atoms with van der Waals surface area (Å²) in [7, 11) is 0. The van der Waals surface area contributed by atoms with Crippen molar-refractivity contribution in [3.8, 4) is 0 Å². The van der Waals surface area contributed by atoms with E-state index in [4.69, 9.17) is 9.47 Å². The predicted octanol–water partition coefficient (Wildman–Crippen LogP) is 19.0. The number of hydrogen-bond donors (Lipinski definition) is 8. The number of allylic oxidation sites excluding steroid dienone is 2. The summed E-state index contributed by atoms with van der Waals surface area (Å²) in [5.41, 5.74) is 0. The molecule has 512 valence electrons. The number of carbonyl (C=O) groups excluding carboxylic acids is 1. The van der Waals surface area contributed by atoms with Gasteiger partial charge in [-0.2, -0.15) is 0 Å². The predicted molar refractivity (Wildman–Crippen MR) is 363 cm³/mol. The number of aliphatic hydroxyl groups is 7. The fourth-order valence-electron chi connectivity index (χ4n) is 12.7. The van der Waals surface area contributed by atoms with Crippen LogP contribution in [0, 0.1) is 0 Å². The van der Waals surface area contributed by atoms with Crippen LogP contribution in [0.3, 0.4) is 0 Å². The minimum absolute atomic E-state index is 0.260. The summed E-state index contributed by atoms with van der Waals surface area (Å²) < 4.78 is 11.2. The lowest BCUT2D eigenvalue weighted by Crippen LogP contribution is -2.60. The van der Waals surface area contributed by atoms with Crippen LogP contribution < -0.4 is 5.32 Å². The van der Waals surface area contributed by atoms with Crippen molar-refractivity contribution in [1.82, 2.24) is 5.32 Å². The van der Waals surface area contributed by atoms with Crippen LogP contribution in [-0.4, -0.2) is 110 Å². The van der Waals surface area contributed by atoms with Gasteiger partial charge in [0.05, 0.1) is 25.4 Å². The summed E-state index contributed by atoms with van der Waals surface area (Å²) in [6.07, 6.45) is 69.0. The Kier molecular flexibility index (Phi) is 61.6. The first kappa shape index (κ1) is 82.9. The van der Waals surface area contributed by atoms with E-state index in [-0.39, 0.29) is 12.8 Å². The zero-order chi connectivity index (χ0) is 62.4. The van der Waals surface area contributed by atoms with Crippen molar-refractivity contribution >= 4 is 5.91 Å². The van der Waals surface area contributed by atoms with Gasteiger partial charge in [-0.05, 0) is 38.5 Å². The Hall–Kier alpha value is -1.15. The Morgan fingerprint density at radius 3 is 1.00 bits per heavy atom. The van der Waals surface area contributed by atoms with Crippen molar-refractivity contribution in [3.05, 3.63) is 12.2 Å². The lowest BCUT2D eigenvalue weighted by atomic mass is 9.98. The SMILES string of the molecule is CCCCCCCCCCCCCCCCCCCC/C=C/CCCC(O)C(O)C(COC1OC(CO)C(O)C(O)C1O)NC(=O)C(O)CCCCCCCCCCCCCCCCCCCCCCCCCCCCCCCCCCCCCC. The molecule has 1 aliphatic heterocycles. The Morgan fingerprint density at radius 2 is 0.686 bits per heavy atom. The van der Waals surface area contributed by atoms with Crippen LogP contribution in [0.5, 0.6) is 0 Å². The molecule has 1 saturated heterocycles. The van der Waals surface area contributed by atoms with Gasteiger partial charge in [0.1, 0.15) is 36.6 Å². The molecule has 0 bridgehead atoms. The van der Waals surface area contributed by atoms with Crippen molar-refractivity contribution in [3.63, 3.8) is 0 Å². The molecule has 1 heterocycles. The van der Waals surface area contributed by atoms with Crippen LogP contribution in [0.15, 0.2) is 12.2 Å². The fourth-order valence-corrected chi connectivity index (χ4v) is 12.7. The molecule has 9 atom stereocenters. The molecule has 1 rings (SSSR count). The maximum Gasteiger partial charge on any atom is 0.249 e. The number of carbonyl (C=O) groups is 1. The number of hydrogen-bond acceptors (Lipinski definition) is 10. The largest absolute Gasteiger partial charge is 0.394 e. The van der Waals surface area contributed by atoms with Gasteiger partial charge in [0, 0.05) is 0 Å². The third-order valence-electron chi connectivity index (χ3n) is 18.8. The Bertz CT molecular complexity index is 1400. The molecule has 9 unspecified atom stereocenters. The van der Waals surface area contributed by atoms with Gasteiger partial charge in [-0.25, -0.2) is 0 Å². The number of aliphatic hydroxyl groups excluding tert-OH is 7. The monoisotopic (exact) mass is 1220 g/mol. The molecule has 1 amide bonds. The van der Waals surface area contributed by atoms with E-state index in [0.29, 0.717) is 12.8 Å². The second-order valence-corrected chi connectivity index (χ2v) is 27.1. The summed E-state index contributed by atoms with van der Waals surface area (Å²) >= 11 is 0. The van der Waals surface area contributed by atoms with Crippen molar-refractivity contribution in [2.75, 3.05) is 13.2 Å². The minimum atomic E-state index is -1.67. The second kappa shape index (κ2) is 64.0. The zero-order valence-corrected chi connectivity index (χ0v) is 56.8. The van der Waals surface area contributed by atoms with Crippen molar-refractivity contribution in [1.29, 1.82) is 0 Å². The zero-order valence-electron chi connectivity index (χ0n) is 56.8. The first-order valence-corrected chi connectivity index (χ1v) is 38.1. The average molecular weight is 1220 g/mol. The number of ether oxygens (including phenoxy) is 2. The number of rotatable bonds is 68. The summed E-state index contributed by atoms with van der Waals surface area (Å²) in [5, 5.41) is 76.6. The lowest BCUT2D eigenvalue weighted by Gasteiger charge is -2.40. The fraction of sp³-hybridized carbons (Fsp3) is 0.960. The number of amides is 1. The molecule has 0 aromatic rings. The Balaban J connectivity index is 2.13. The van der Waals surface area contributed by atoms with E-state index in [0.717, 1.165) is 38.5 Å². The van der Waals surface area contributed by atoms with Crippen molar-refractivity contribution in [2.24, 2.45) is 0 Å².